The minimum absolute atomic E-state index is 0.193. The summed E-state index contributed by atoms with van der Waals surface area (Å²) in [4.78, 5) is 30.1. The number of ether oxygens (including phenoxy) is 1. The maximum absolute atomic E-state index is 12.8. The summed E-state index contributed by atoms with van der Waals surface area (Å²) in [6.07, 6.45) is 4.49. The maximum atomic E-state index is 12.8. The van der Waals surface area contributed by atoms with E-state index < -0.39 is 17.2 Å². The van der Waals surface area contributed by atoms with Crippen molar-refractivity contribution in [3.8, 4) is 11.1 Å². The normalized spacial score (nSPS) is 13.8. The van der Waals surface area contributed by atoms with E-state index in [0.29, 0.717) is 23.5 Å². The fourth-order valence-electron chi connectivity index (χ4n) is 5.12. The van der Waals surface area contributed by atoms with E-state index in [0.717, 1.165) is 69.8 Å². The van der Waals surface area contributed by atoms with Crippen molar-refractivity contribution >= 4 is 39.9 Å². The number of anilines is 1. The summed E-state index contributed by atoms with van der Waals surface area (Å²) in [7, 11) is 0. The summed E-state index contributed by atoms with van der Waals surface area (Å²) in [5, 5.41) is 1.02. The number of para-hydroxylation sites is 1. The molecule has 1 fully saturated rings. The molecule has 5 rings (SSSR count). The van der Waals surface area contributed by atoms with Gasteiger partial charge in [-0.15, -0.1) is 0 Å². The number of rotatable bonds is 11. The first-order chi connectivity index (χ1) is 19.8. The van der Waals surface area contributed by atoms with Gasteiger partial charge in [0, 0.05) is 29.1 Å². The molecule has 4 aromatic rings. The Labute approximate surface area is 242 Å². The number of hydrogen-bond donors (Lipinski definition) is 1. The number of hydrogen-bond acceptors (Lipinski definition) is 5. The molecule has 0 bridgehead atoms. The molecule has 41 heavy (non-hydrogen) atoms. The molecule has 2 aromatic heterocycles. The molecule has 1 N–H and O–H groups in total. The summed E-state index contributed by atoms with van der Waals surface area (Å²) in [5.41, 5.74) is 6.21. The Morgan fingerprint density at radius 2 is 1.83 bits per heavy atom. The van der Waals surface area contributed by atoms with Crippen LogP contribution in [0, 0.1) is 12.8 Å². The lowest BCUT2D eigenvalue weighted by atomic mass is 10.0. The first kappa shape index (κ1) is 28.7. The van der Waals surface area contributed by atoms with Crippen molar-refractivity contribution < 1.29 is 23.1 Å². The summed E-state index contributed by atoms with van der Waals surface area (Å²) in [5.74, 6) is -0.943. The predicted molar refractivity (Wildman–Crippen MR) is 161 cm³/mol. The first-order valence-electron chi connectivity index (χ1n) is 14.1. The van der Waals surface area contributed by atoms with Crippen LogP contribution in [-0.2, 0) is 33.8 Å². The van der Waals surface area contributed by atoms with Gasteiger partial charge < -0.3 is 9.30 Å². The van der Waals surface area contributed by atoms with Gasteiger partial charge in [-0.3, -0.25) is 9.35 Å². The monoisotopic (exact) mass is 573 g/mol. The van der Waals surface area contributed by atoms with Crippen LogP contribution in [0.2, 0.25) is 0 Å². The van der Waals surface area contributed by atoms with Crippen molar-refractivity contribution in [1.82, 2.24) is 9.55 Å². The standard InChI is InChI=1S/C32H35N3O5S/c1-4-6-9-25-19-27-21(3)18-28(32(37)40-5-2)33-30(27)34(25)20-22-12-14-23(15-13-22)26-10-7-8-11-29(26)35(41(38)39)31(36)24-16-17-24/h7-8,10-15,18-19,24H,4-6,9,16-17,20H2,1-3H3,(H,38,39). The van der Waals surface area contributed by atoms with Crippen LogP contribution in [0.25, 0.3) is 22.2 Å². The topological polar surface area (TPSA) is 102 Å². The molecule has 2 aromatic carbocycles. The summed E-state index contributed by atoms with van der Waals surface area (Å²) < 4.78 is 30.6. The molecular weight excluding hydrogens is 538 g/mol. The van der Waals surface area contributed by atoms with Gasteiger partial charge in [0.05, 0.1) is 12.3 Å². The third-order valence-corrected chi connectivity index (χ3v) is 8.13. The Kier molecular flexibility index (Phi) is 8.65. The molecular formula is C32H35N3O5S. The van der Waals surface area contributed by atoms with Crippen LogP contribution >= 0.6 is 0 Å². The average molecular weight is 574 g/mol. The molecule has 1 aliphatic rings. The Balaban J connectivity index is 1.49. The highest BCUT2D eigenvalue weighted by Gasteiger charge is 2.37. The number of fused-ring (bicyclic) bond motifs is 1. The van der Waals surface area contributed by atoms with E-state index in [-0.39, 0.29) is 18.4 Å². The van der Waals surface area contributed by atoms with Crippen LogP contribution < -0.4 is 4.31 Å². The SMILES string of the molecule is CCCCc1cc2c(C)cc(C(=O)OCC)nc2n1Cc1ccc(-c2ccccc2N(C(=O)C2CC2)S(=O)O)cc1. The van der Waals surface area contributed by atoms with E-state index in [9.17, 15) is 18.4 Å². The van der Waals surface area contributed by atoms with Gasteiger partial charge in [0.15, 0.2) is 5.69 Å². The molecule has 9 heteroatoms. The van der Waals surface area contributed by atoms with E-state index in [1.54, 1.807) is 25.1 Å². The van der Waals surface area contributed by atoms with Gasteiger partial charge in [0.25, 0.3) is 11.3 Å². The maximum Gasteiger partial charge on any atom is 0.357 e. The smallest absolute Gasteiger partial charge is 0.357 e. The number of pyridine rings is 1. The molecule has 8 nitrogen and oxygen atoms in total. The molecule has 2 heterocycles. The van der Waals surface area contributed by atoms with E-state index in [2.05, 4.69) is 17.6 Å². The second kappa shape index (κ2) is 12.4. The zero-order chi connectivity index (χ0) is 29.1. The van der Waals surface area contributed by atoms with Crippen molar-refractivity contribution in [2.24, 2.45) is 5.92 Å². The highest BCUT2D eigenvalue weighted by molar-refractivity contribution is 7.81. The number of amides is 1. The quantitative estimate of drug-likeness (QED) is 0.163. The van der Waals surface area contributed by atoms with Crippen molar-refractivity contribution in [2.75, 3.05) is 10.9 Å². The second-order valence-corrected chi connectivity index (χ2v) is 11.3. The summed E-state index contributed by atoms with van der Waals surface area (Å²) in [6.45, 7) is 6.79. The predicted octanol–water partition coefficient (Wildman–Crippen LogP) is 6.46. The van der Waals surface area contributed by atoms with Gasteiger partial charge in [-0.25, -0.2) is 18.3 Å². The van der Waals surface area contributed by atoms with Crippen molar-refractivity contribution in [3.63, 3.8) is 0 Å². The Hall–Kier alpha value is -3.82. The van der Waals surface area contributed by atoms with Gasteiger partial charge >= 0.3 is 5.97 Å². The van der Waals surface area contributed by atoms with E-state index in [1.807, 2.05) is 43.3 Å². The fraction of sp³-hybridized carbons (Fsp3) is 0.344. The van der Waals surface area contributed by atoms with E-state index >= 15 is 0 Å². The van der Waals surface area contributed by atoms with Crippen molar-refractivity contribution in [3.05, 3.63) is 83.2 Å². The molecule has 1 aliphatic carbocycles. The van der Waals surface area contributed by atoms with Crippen molar-refractivity contribution in [2.45, 2.75) is 59.4 Å². The summed E-state index contributed by atoms with van der Waals surface area (Å²) in [6, 6.07) is 19.1. The van der Waals surface area contributed by atoms with E-state index in [4.69, 9.17) is 9.72 Å². The number of carbonyl (C=O) groups excluding carboxylic acids is 2. The molecule has 1 saturated carbocycles. The zero-order valence-corrected chi connectivity index (χ0v) is 24.4. The fourth-order valence-corrected chi connectivity index (χ4v) is 5.76. The number of unbranched alkanes of at least 4 members (excludes halogenated alkanes) is 1. The van der Waals surface area contributed by atoms with Crippen LogP contribution in [0.1, 0.15) is 66.8 Å². The highest BCUT2D eigenvalue weighted by atomic mass is 32.2. The number of aryl methyl sites for hydroxylation is 2. The molecule has 1 amide bonds. The molecule has 0 aliphatic heterocycles. The van der Waals surface area contributed by atoms with Gasteiger partial charge in [-0.1, -0.05) is 55.8 Å². The van der Waals surface area contributed by atoms with Gasteiger partial charge in [-0.05, 0) is 74.4 Å². The molecule has 214 valence electrons. The number of carbonyl (C=O) groups is 2. The van der Waals surface area contributed by atoms with Gasteiger partial charge in [0.2, 0.25) is 5.91 Å². The largest absolute Gasteiger partial charge is 0.461 e. The zero-order valence-electron chi connectivity index (χ0n) is 23.6. The van der Waals surface area contributed by atoms with E-state index in [1.165, 1.54) is 0 Å². The third-order valence-electron chi connectivity index (χ3n) is 7.44. The van der Waals surface area contributed by atoms with Crippen LogP contribution in [0.4, 0.5) is 5.69 Å². The second-order valence-electron chi connectivity index (χ2n) is 10.5. The average Bonchev–Trinajstić information content (AvgIpc) is 3.76. The Morgan fingerprint density at radius 1 is 1.10 bits per heavy atom. The Morgan fingerprint density at radius 3 is 2.49 bits per heavy atom. The molecule has 0 spiro atoms. The molecule has 1 atom stereocenters. The number of aromatic nitrogens is 2. The van der Waals surface area contributed by atoms with Crippen LogP contribution in [-0.4, -0.2) is 36.8 Å². The number of benzene rings is 2. The van der Waals surface area contributed by atoms with Crippen LogP contribution in [0.3, 0.4) is 0 Å². The van der Waals surface area contributed by atoms with Crippen molar-refractivity contribution in [1.29, 1.82) is 0 Å². The molecule has 0 radical (unpaired) electrons. The number of nitrogens with zero attached hydrogens (tertiary/aromatic N) is 3. The van der Waals surface area contributed by atoms with Gasteiger partial charge in [0.1, 0.15) is 5.65 Å². The summed E-state index contributed by atoms with van der Waals surface area (Å²) >= 11 is -2.46. The minimum atomic E-state index is -2.46. The third kappa shape index (κ3) is 6.11. The lowest BCUT2D eigenvalue weighted by Gasteiger charge is -2.21. The highest BCUT2D eigenvalue weighted by Crippen LogP contribution is 2.37. The lowest BCUT2D eigenvalue weighted by molar-refractivity contribution is -0.118. The van der Waals surface area contributed by atoms with Crippen LogP contribution in [0.15, 0.2) is 60.7 Å². The first-order valence-corrected chi connectivity index (χ1v) is 15.2. The molecule has 0 saturated heterocycles. The molecule has 1 unspecified atom stereocenters. The number of esters is 1. The lowest BCUT2D eigenvalue weighted by Crippen LogP contribution is -2.34. The Bertz CT molecular complexity index is 1610. The van der Waals surface area contributed by atoms with Gasteiger partial charge in [-0.2, -0.15) is 0 Å². The van der Waals surface area contributed by atoms with Crippen LogP contribution in [0.5, 0.6) is 0 Å². The minimum Gasteiger partial charge on any atom is -0.461 e.